The van der Waals surface area contributed by atoms with Gasteiger partial charge in [0.05, 0.1) is 0 Å². The molecule has 0 bridgehead atoms. The summed E-state index contributed by atoms with van der Waals surface area (Å²) in [7, 11) is 1.77. The van der Waals surface area contributed by atoms with Gasteiger partial charge in [-0.2, -0.15) is 0 Å². The van der Waals surface area contributed by atoms with Gasteiger partial charge in [-0.3, -0.25) is 4.98 Å². The minimum absolute atomic E-state index is 0.286. The van der Waals surface area contributed by atoms with Gasteiger partial charge in [0.15, 0.2) is 11.6 Å². The Balaban J connectivity index is 1.94. The minimum Gasteiger partial charge on any atom is -0.373 e. The van der Waals surface area contributed by atoms with Gasteiger partial charge in [0, 0.05) is 36.0 Å². The van der Waals surface area contributed by atoms with Crippen LogP contribution in [0.4, 0.5) is 10.2 Å². The predicted molar refractivity (Wildman–Crippen MR) is 117 cm³/mol. The minimum atomic E-state index is -0.359. The van der Waals surface area contributed by atoms with Crippen molar-refractivity contribution in [3.63, 3.8) is 0 Å². The molecule has 4 nitrogen and oxygen atoms in total. The molecule has 2 aromatic heterocycles. The molecule has 144 valence electrons. The highest BCUT2D eigenvalue weighted by atomic mass is 19.1. The van der Waals surface area contributed by atoms with E-state index >= 15 is 4.39 Å². The molecule has 0 amide bonds. The Morgan fingerprint density at radius 3 is 2.62 bits per heavy atom. The standard InChI is InChI=1S/C24H21FN4/c1-4-6-16-13-17(9-8-15(16)2)19-10-11-20-22(21(19)25)28-23(29-24(20)26-3)18-7-5-12-27-14-18/h4-14H,1-3H3,(H,26,28,29)/b6-4-. The second-order valence-corrected chi connectivity index (χ2v) is 6.78. The number of hydrogen-bond acceptors (Lipinski definition) is 4. The first-order valence-corrected chi connectivity index (χ1v) is 9.44. The lowest BCUT2D eigenvalue weighted by Gasteiger charge is -2.12. The summed E-state index contributed by atoms with van der Waals surface area (Å²) in [5.74, 6) is 0.657. The monoisotopic (exact) mass is 384 g/mol. The van der Waals surface area contributed by atoms with E-state index < -0.39 is 0 Å². The Bertz CT molecular complexity index is 1220. The summed E-state index contributed by atoms with van der Waals surface area (Å²) in [4.78, 5) is 13.2. The zero-order chi connectivity index (χ0) is 20.4. The van der Waals surface area contributed by atoms with Crippen LogP contribution in [0.15, 0.2) is 60.9 Å². The molecule has 0 fully saturated rings. The van der Waals surface area contributed by atoms with Crippen molar-refractivity contribution in [3.8, 4) is 22.5 Å². The maximum atomic E-state index is 15.6. The van der Waals surface area contributed by atoms with Crippen molar-refractivity contribution in [1.82, 2.24) is 15.0 Å². The number of pyridine rings is 1. The van der Waals surface area contributed by atoms with Crippen molar-refractivity contribution in [1.29, 1.82) is 0 Å². The topological polar surface area (TPSA) is 50.7 Å². The van der Waals surface area contributed by atoms with Crippen molar-refractivity contribution in [2.75, 3.05) is 12.4 Å². The quantitative estimate of drug-likeness (QED) is 0.477. The number of halogens is 1. The number of anilines is 1. The zero-order valence-electron chi connectivity index (χ0n) is 16.6. The highest BCUT2D eigenvalue weighted by molar-refractivity contribution is 5.94. The summed E-state index contributed by atoms with van der Waals surface area (Å²) < 4.78 is 15.6. The molecule has 2 aromatic carbocycles. The number of nitrogens with zero attached hydrogens (tertiary/aromatic N) is 3. The Kier molecular flexibility index (Phi) is 5.04. The molecule has 4 aromatic rings. The molecular formula is C24H21FN4. The third-order valence-electron chi connectivity index (χ3n) is 4.90. The lowest BCUT2D eigenvalue weighted by molar-refractivity contribution is 0.640. The van der Waals surface area contributed by atoms with Gasteiger partial charge in [-0.25, -0.2) is 14.4 Å². The van der Waals surface area contributed by atoms with Crippen molar-refractivity contribution in [2.24, 2.45) is 0 Å². The molecule has 0 aliphatic heterocycles. The number of fused-ring (bicyclic) bond motifs is 1. The van der Waals surface area contributed by atoms with Crippen LogP contribution in [0.5, 0.6) is 0 Å². The van der Waals surface area contributed by atoms with Gasteiger partial charge < -0.3 is 5.32 Å². The summed E-state index contributed by atoms with van der Waals surface area (Å²) in [6.07, 6.45) is 7.36. The molecule has 29 heavy (non-hydrogen) atoms. The van der Waals surface area contributed by atoms with Gasteiger partial charge in [-0.05, 0) is 54.8 Å². The molecule has 5 heteroatoms. The number of allylic oxidation sites excluding steroid dienone is 1. The van der Waals surface area contributed by atoms with Gasteiger partial charge in [-0.15, -0.1) is 0 Å². The summed E-state index contributed by atoms with van der Waals surface area (Å²) in [5.41, 5.74) is 4.57. The second-order valence-electron chi connectivity index (χ2n) is 6.78. The Labute approximate surface area is 169 Å². The van der Waals surface area contributed by atoms with Gasteiger partial charge >= 0.3 is 0 Å². The van der Waals surface area contributed by atoms with Crippen LogP contribution >= 0.6 is 0 Å². The number of aromatic nitrogens is 3. The number of benzene rings is 2. The van der Waals surface area contributed by atoms with E-state index in [1.807, 2.05) is 62.4 Å². The van der Waals surface area contributed by atoms with E-state index in [4.69, 9.17) is 0 Å². The van der Waals surface area contributed by atoms with Crippen LogP contribution in [0, 0.1) is 12.7 Å². The average Bonchev–Trinajstić information content (AvgIpc) is 2.76. The molecule has 0 aliphatic carbocycles. The average molecular weight is 384 g/mol. The molecule has 2 heterocycles. The van der Waals surface area contributed by atoms with Crippen molar-refractivity contribution >= 4 is 22.8 Å². The number of rotatable bonds is 4. The van der Waals surface area contributed by atoms with E-state index in [1.54, 1.807) is 25.5 Å². The number of aryl methyl sites for hydroxylation is 1. The smallest absolute Gasteiger partial charge is 0.163 e. The first kappa shape index (κ1) is 18.7. The summed E-state index contributed by atoms with van der Waals surface area (Å²) >= 11 is 0. The molecule has 0 saturated carbocycles. The third kappa shape index (κ3) is 3.47. The summed E-state index contributed by atoms with van der Waals surface area (Å²) in [5, 5.41) is 3.69. The number of hydrogen-bond donors (Lipinski definition) is 1. The molecule has 0 unspecified atom stereocenters. The summed E-state index contributed by atoms with van der Waals surface area (Å²) in [6, 6.07) is 13.3. The highest BCUT2D eigenvalue weighted by Crippen LogP contribution is 2.33. The molecule has 1 N–H and O–H groups in total. The van der Waals surface area contributed by atoms with E-state index in [1.165, 1.54) is 0 Å². The van der Waals surface area contributed by atoms with Crippen LogP contribution in [-0.4, -0.2) is 22.0 Å². The molecule has 0 spiro atoms. The molecule has 4 rings (SSSR count). The van der Waals surface area contributed by atoms with Crippen molar-refractivity contribution in [3.05, 3.63) is 77.9 Å². The van der Waals surface area contributed by atoms with E-state index in [9.17, 15) is 0 Å². The van der Waals surface area contributed by atoms with E-state index in [2.05, 4.69) is 20.3 Å². The fraction of sp³-hybridized carbons (Fsp3) is 0.125. The molecule has 0 aliphatic rings. The zero-order valence-corrected chi connectivity index (χ0v) is 16.6. The first-order valence-electron chi connectivity index (χ1n) is 9.44. The van der Waals surface area contributed by atoms with Crippen molar-refractivity contribution in [2.45, 2.75) is 13.8 Å². The molecule has 0 radical (unpaired) electrons. The van der Waals surface area contributed by atoms with Crippen LogP contribution in [0.3, 0.4) is 0 Å². The first-order chi connectivity index (χ1) is 14.1. The number of nitrogens with one attached hydrogen (secondary N) is 1. The Morgan fingerprint density at radius 2 is 1.90 bits per heavy atom. The van der Waals surface area contributed by atoms with E-state index in [0.717, 1.165) is 22.3 Å². The fourth-order valence-electron chi connectivity index (χ4n) is 3.37. The summed E-state index contributed by atoms with van der Waals surface area (Å²) in [6.45, 7) is 4.02. The van der Waals surface area contributed by atoms with E-state index in [-0.39, 0.29) is 11.3 Å². The van der Waals surface area contributed by atoms with E-state index in [0.29, 0.717) is 22.6 Å². The van der Waals surface area contributed by atoms with Crippen LogP contribution < -0.4 is 5.32 Å². The van der Waals surface area contributed by atoms with Crippen LogP contribution in [0.25, 0.3) is 39.5 Å². The fourth-order valence-corrected chi connectivity index (χ4v) is 3.37. The third-order valence-corrected chi connectivity index (χ3v) is 4.90. The van der Waals surface area contributed by atoms with Gasteiger partial charge in [0.2, 0.25) is 0 Å². The Morgan fingerprint density at radius 1 is 1.03 bits per heavy atom. The molecular weight excluding hydrogens is 363 g/mol. The lowest BCUT2D eigenvalue weighted by atomic mass is 9.98. The highest BCUT2D eigenvalue weighted by Gasteiger charge is 2.16. The van der Waals surface area contributed by atoms with Gasteiger partial charge in [0.1, 0.15) is 11.3 Å². The lowest BCUT2D eigenvalue weighted by Crippen LogP contribution is -2.01. The van der Waals surface area contributed by atoms with Crippen LogP contribution in [0.2, 0.25) is 0 Å². The second kappa shape index (κ2) is 7.80. The van der Waals surface area contributed by atoms with Crippen LogP contribution in [0.1, 0.15) is 18.1 Å². The van der Waals surface area contributed by atoms with Crippen molar-refractivity contribution < 1.29 is 4.39 Å². The molecule has 0 saturated heterocycles. The maximum Gasteiger partial charge on any atom is 0.163 e. The Hall–Kier alpha value is -3.60. The predicted octanol–water partition coefficient (Wildman–Crippen LogP) is 5.88. The van der Waals surface area contributed by atoms with Crippen LogP contribution in [-0.2, 0) is 0 Å². The largest absolute Gasteiger partial charge is 0.373 e. The van der Waals surface area contributed by atoms with Gasteiger partial charge in [-0.1, -0.05) is 30.4 Å². The molecule has 0 atom stereocenters. The normalized spacial score (nSPS) is 11.3. The maximum absolute atomic E-state index is 15.6. The van der Waals surface area contributed by atoms with Gasteiger partial charge in [0.25, 0.3) is 0 Å². The SMILES string of the molecule is C/C=C\c1cc(-c2ccc3c(NC)nc(-c4cccnc4)nc3c2F)ccc1C.